The molecule has 1 rings (SSSR count). The largest absolute Gasteiger partial charge is 0.476 e. The second-order valence-electron chi connectivity index (χ2n) is 3.69. The van der Waals surface area contributed by atoms with Crippen molar-refractivity contribution in [1.29, 1.82) is 0 Å². The van der Waals surface area contributed by atoms with Gasteiger partial charge in [-0.05, 0) is 6.92 Å². The van der Waals surface area contributed by atoms with E-state index in [-0.39, 0.29) is 18.8 Å². The molecule has 0 spiro atoms. The van der Waals surface area contributed by atoms with Crippen molar-refractivity contribution in [2.24, 2.45) is 5.73 Å². The topological polar surface area (TPSA) is 152 Å². The lowest BCUT2D eigenvalue weighted by molar-refractivity contribution is -0.122. The number of aromatic nitrogens is 3. The van der Waals surface area contributed by atoms with Crippen molar-refractivity contribution in [3.05, 3.63) is 11.9 Å². The van der Waals surface area contributed by atoms with Crippen molar-refractivity contribution in [3.63, 3.8) is 0 Å². The highest BCUT2D eigenvalue weighted by molar-refractivity contribution is 5.86. The van der Waals surface area contributed by atoms with Crippen LogP contribution in [0.15, 0.2) is 6.20 Å². The molecule has 5 N–H and O–H groups in total. The van der Waals surface area contributed by atoms with Crippen molar-refractivity contribution < 1.29 is 19.5 Å². The number of carbonyl (C=O) groups excluding carboxylic acids is 2. The summed E-state index contributed by atoms with van der Waals surface area (Å²) >= 11 is 0. The maximum Gasteiger partial charge on any atom is 0.358 e. The van der Waals surface area contributed by atoms with Gasteiger partial charge in [-0.25, -0.2) is 14.3 Å². The minimum absolute atomic E-state index is 0.171. The maximum absolute atomic E-state index is 11.5. The molecule has 0 aliphatic rings. The minimum Gasteiger partial charge on any atom is -0.476 e. The van der Waals surface area contributed by atoms with Crippen LogP contribution in [0, 0.1) is 0 Å². The van der Waals surface area contributed by atoms with Gasteiger partial charge in [0.2, 0.25) is 5.91 Å². The molecule has 0 saturated carbocycles. The van der Waals surface area contributed by atoms with Gasteiger partial charge in [0.05, 0.1) is 12.7 Å². The molecule has 104 valence electrons. The number of carbonyl (C=O) groups is 3. The molecule has 1 unspecified atom stereocenters. The molecular formula is C9H14N6O4. The van der Waals surface area contributed by atoms with Crippen LogP contribution < -0.4 is 16.4 Å². The fourth-order valence-electron chi connectivity index (χ4n) is 1.23. The summed E-state index contributed by atoms with van der Waals surface area (Å²) in [5.74, 6) is -1.58. The van der Waals surface area contributed by atoms with Crippen LogP contribution in [-0.2, 0) is 11.3 Å². The Hall–Kier alpha value is -2.65. The Morgan fingerprint density at radius 2 is 2.21 bits per heavy atom. The molecule has 0 aliphatic carbocycles. The van der Waals surface area contributed by atoms with E-state index < -0.39 is 23.9 Å². The zero-order valence-corrected chi connectivity index (χ0v) is 10.2. The average molecular weight is 270 g/mol. The average Bonchev–Trinajstić information content (AvgIpc) is 2.76. The Kier molecular flexibility index (Phi) is 4.80. The number of amides is 3. The van der Waals surface area contributed by atoms with Crippen molar-refractivity contribution in [3.8, 4) is 0 Å². The molecule has 0 fully saturated rings. The van der Waals surface area contributed by atoms with Crippen LogP contribution in [0.3, 0.4) is 0 Å². The van der Waals surface area contributed by atoms with Crippen molar-refractivity contribution in [2.75, 3.05) is 6.54 Å². The molecule has 10 nitrogen and oxygen atoms in total. The Labute approximate surface area is 107 Å². The zero-order valence-electron chi connectivity index (χ0n) is 10.2. The fourth-order valence-corrected chi connectivity index (χ4v) is 1.23. The summed E-state index contributed by atoms with van der Waals surface area (Å²) in [4.78, 5) is 32.5. The zero-order chi connectivity index (χ0) is 14.4. The van der Waals surface area contributed by atoms with Crippen LogP contribution in [-0.4, -0.2) is 50.6 Å². The fraction of sp³-hybridized carbons (Fsp3) is 0.444. The first kappa shape index (κ1) is 14.4. The Bertz CT molecular complexity index is 485. The number of aromatic carboxylic acids is 1. The molecule has 1 atom stereocenters. The lowest BCUT2D eigenvalue weighted by atomic mass is 10.3. The molecule has 0 saturated heterocycles. The van der Waals surface area contributed by atoms with E-state index in [0.717, 1.165) is 0 Å². The number of carboxylic acids is 1. The minimum atomic E-state index is -1.17. The van der Waals surface area contributed by atoms with Gasteiger partial charge in [0.15, 0.2) is 5.69 Å². The van der Waals surface area contributed by atoms with E-state index >= 15 is 0 Å². The predicted molar refractivity (Wildman–Crippen MR) is 62.2 cm³/mol. The molecule has 19 heavy (non-hydrogen) atoms. The lowest BCUT2D eigenvalue weighted by Crippen LogP contribution is -2.47. The maximum atomic E-state index is 11.5. The van der Waals surface area contributed by atoms with E-state index in [1.165, 1.54) is 17.8 Å². The van der Waals surface area contributed by atoms with Gasteiger partial charge in [-0.15, -0.1) is 5.10 Å². The van der Waals surface area contributed by atoms with Crippen LogP contribution in [0.5, 0.6) is 0 Å². The van der Waals surface area contributed by atoms with E-state index in [2.05, 4.69) is 20.9 Å². The predicted octanol–water partition coefficient (Wildman–Crippen LogP) is -1.85. The highest BCUT2D eigenvalue weighted by Gasteiger charge is 2.13. The van der Waals surface area contributed by atoms with Crippen LogP contribution in [0.1, 0.15) is 17.4 Å². The van der Waals surface area contributed by atoms with Crippen LogP contribution in [0.25, 0.3) is 0 Å². The van der Waals surface area contributed by atoms with E-state index in [1.54, 1.807) is 0 Å². The SMILES string of the molecule is CC(NC(N)=O)C(=O)NCCn1cc(C(=O)O)nn1. The van der Waals surface area contributed by atoms with Gasteiger partial charge >= 0.3 is 12.0 Å². The third-order valence-corrected chi connectivity index (χ3v) is 2.15. The Morgan fingerprint density at radius 3 is 2.74 bits per heavy atom. The molecule has 0 aliphatic heterocycles. The van der Waals surface area contributed by atoms with E-state index in [0.29, 0.717) is 0 Å². The van der Waals surface area contributed by atoms with Gasteiger partial charge in [-0.1, -0.05) is 5.21 Å². The number of primary amides is 1. The second-order valence-corrected chi connectivity index (χ2v) is 3.69. The van der Waals surface area contributed by atoms with Gasteiger partial charge in [0.1, 0.15) is 6.04 Å². The molecule has 0 radical (unpaired) electrons. The number of rotatable bonds is 6. The molecule has 0 bridgehead atoms. The van der Waals surface area contributed by atoms with Gasteiger partial charge in [-0.2, -0.15) is 0 Å². The second kappa shape index (κ2) is 6.33. The monoisotopic (exact) mass is 270 g/mol. The number of urea groups is 1. The normalized spacial score (nSPS) is 11.6. The quantitative estimate of drug-likeness (QED) is 0.476. The Balaban J connectivity index is 2.35. The third-order valence-electron chi connectivity index (χ3n) is 2.15. The number of hydrogen-bond acceptors (Lipinski definition) is 5. The van der Waals surface area contributed by atoms with Gasteiger partial charge in [0.25, 0.3) is 0 Å². The van der Waals surface area contributed by atoms with Crippen LogP contribution in [0.2, 0.25) is 0 Å². The lowest BCUT2D eigenvalue weighted by Gasteiger charge is -2.12. The van der Waals surface area contributed by atoms with Crippen molar-refractivity contribution in [1.82, 2.24) is 25.6 Å². The van der Waals surface area contributed by atoms with Crippen molar-refractivity contribution >= 4 is 17.9 Å². The number of nitrogens with two attached hydrogens (primary N) is 1. The highest BCUT2D eigenvalue weighted by Crippen LogP contribution is 1.92. The molecule has 1 heterocycles. The summed E-state index contributed by atoms with van der Waals surface area (Å²) in [6.07, 6.45) is 1.25. The van der Waals surface area contributed by atoms with Gasteiger partial charge in [-0.3, -0.25) is 4.79 Å². The number of nitrogens with zero attached hydrogens (tertiary/aromatic N) is 3. The van der Waals surface area contributed by atoms with E-state index in [9.17, 15) is 14.4 Å². The summed E-state index contributed by atoms with van der Waals surface area (Å²) in [6.45, 7) is 1.96. The summed E-state index contributed by atoms with van der Waals surface area (Å²) in [7, 11) is 0. The molecular weight excluding hydrogens is 256 g/mol. The van der Waals surface area contributed by atoms with Crippen LogP contribution >= 0.6 is 0 Å². The summed E-state index contributed by atoms with van der Waals surface area (Å²) < 4.78 is 1.29. The third kappa shape index (κ3) is 4.61. The Morgan fingerprint density at radius 1 is 1.53 bits per heavy atom. The molecule has 1 aromatic rings. The molecule has 3 amide bonds. The first-order chi connectivity index (χ1) is 8.90. The van der Waals surface area contributed by atoms with Gasteiger partial charge in [0, 0.05) is 6.54 Å². The summed E-state index contributed by atoms with van der Waals surface area (Å²) in [5, 5.41) is 20.4. The van der Waals surface area contributed by atoms with E-state index in [4.69, 9.17) is 10.8 Å². The summed E-state index contributed by atoms with van der Waals surface area (Å²) in [5.41, 5.74) is 4.70. The number of carboxylic acid groups (broad SMARTS) is 1. The van der Waals surface area contributed by atoms with Crippen molar-refractivity contribution in [2.45, 2.75) is 19.5 Å². The smallest absolute Gasteiger partial charge is 0.358 e. The standard InChI is InChI=1S/C9H14N6O4/c1-5(12-9(10)19)7(16)11-2-3-15-4-6(8(17)18)13-14-15/h4-5H,2-3H2,1H3,(H,11,16)(H,17,18)(H3,10,12,19). The molecule has 1 aromatic heterocycles. The first-order valence-corrected chi connectivity index (χ1v) is 5.37. The van der Waals surface area contributed by atoms with E-state index in [1.807, 2.05) is 0 Å². The summed E-state index contributed by atoms with van der Waals surface area (Å²) in [6, 6.07) is -1.53. The first-order valence-electron chi connectivity index (χ1n) is 5.37. The number of nitrogens with one attached hydrogen (secondary N) is 2. The van der Waals surface area contributed by atoms with Crippen LogP contribution in [0.4, 0.5) is 4.79 Å². The molecule has 0 aromatic carbocycles. The number of hydrogen-bond donors (Lipinski definition) is 4. The highest BCUT2D eigenvalue weighted by atomic mass is 16.4. The van der Waals surface area contributed by atoms with Gasteiger partial charge < -0.3 is 21.5 Å². The molecule has 10 heteroatoms.